The van der Waals surface area contributed by atoms with Gasteiger partial charge in [-0.2, -0.15) is 0 Å². The van der Waals surface area contributed by atoms with Gasteiger partial charge in [-0.15, -0.1) is 0 Å². The lowest BCUT2D eigenvalue weighted by Gasteiger charge is -2.39. The number of piperidine rings is 1. The number of rotatable bonds is 4. The lowest BCUT2D eigenvalue weighted by atomic mass is 9.84. The normalized spacial score (nSPS) is 17.7. The van der Waals surface area contributed by atoms with Gasteiger partial charge >= 0.3 is 0 Å². The average molecular weight is 345 g/mol. The summed E-state index contributed by atoms with van der Waals surface area (Å²) < 4.78 is 23.8. The molecule has 1 aliphatic heterocycles. The molecule has 0 spiro atoms. The third-order valence-corrected chi connectivity index (χ3v) is 6.59. The van der Waals surface area contributed by atoms with Crippen LogP contribution in [0, 0.1) is 0 Å². The van der Waals surface area contributed by atoms with E-state index >= 15 is 0 Å². The molecule has 2 aromatic rings. The maximum Gasteiger partial charge on any atom is 0.178 e. The molecule has 4 nitrogen and oxygen atoms in total. The maximum absolute atomic E-state index is 11.9. The van der Waals surface area contributed by atoms with Crippen molar-refractivity contribution in [3.8, 4) is 0 Å². The Kier molecular flexibility index (Phi) is 4.65. The summed E-state index contributed by atoms with van der Waals surface area (Å²) in [7, 11) is -3.16. The van der Waals surface area contributed by atoms with Crippen molar-refractivity contribution in [3.63, 3.8) is 0 Å². The number of hydrogen-bond donors (Lipinski definition) is 1. The second kappa shape index (κ2) is 6.57. The van der Waals surface area contributed by atoms with Crippen LogP contribution in [-0.2, 0) is 15.4 Å². The number of sulfone groups is 1. The van der Waals surface area contributed by atoms with Crippen LogP contribution in [0.25, 0.3) is 0 Å². The number of anilines is 1. The van der Waals surface area contributed by atoms with Crippen LogP contribution in [0.2, 0.25) is 0 Å². The summed E-state index contributed by atoms with van der Waals surface area (Å²) >= 11 is 0. The predicted molar refractivity (Wildman–Crippen MR) is 96.0 cm³/mol. The van der Waals surface area contributed by atoms with E-state index in [1.807, 2.05) is 42.5 Å². The van der Waals surface area contributed by atoms with Crippen LogP contribution < -0.4 is 4.90 Å². The van der Waals surface area contributed by atoms with Crippen LogP contribution in [0.5, 0.6) is 0 Å². The molecule has 0 aromatic heterocycles. The minimum absolute atomic E-state index is 0.111. The molecule has 3 rings (SSSR count). The third-order valence-electron chi connectivity index (χ3n) is 4.84. The Morgan fingerprint density at radius 3 is 2.12 bits per heavy atom. The Labute approximate surface area is 143 Å². The first-order chi connectivity index (χ1) is 11.4. The van der Waals surface area contributed by atoms with Crippen LogP contribution in [0.15, 0.2) is 59.5 Å². The molecule has 1 fully saturated rings. The second-order valence-electron chi connectivity index (χ2n) is 6.28. The fraction of sp³-hybridized carbons (Fsp3) is 0.368. The number of aliphatic hydroxyl groups is 1. The first-order valence-electron chi connectivity index (χ1n) is 8.30. The summed E-state index contributed by atoms with van der Waals surface area (Å²) in [4.78, 5) is 2.56. The molecule has 5 heteroatoms. The molecule has 0 amide bonds. The summed E-state index contributed by atoms with van der Waals surface area (Å²) in [5.41, 5.74) is 1.19. The van der Waals surface area contributed by atoms with E-state index in [1.165, 1.54) is 0 Å². The highest BCUT2D eigenvalue weighted by Gasteiger charge is 2.33. The average Bonchev–Trinajstić information content (AvgIpc) is 2.63. The minimum Gasteiger partial charge on any atom is -0.385 e. The van der Waals surface area contributed by atoms with Crippen molar-refractivity contribution in [1.82, 2.24) is 0 Å². The van der Waals surface area contributed by atoms with Crippen LogP contribution in [-0.4, -0.2) is 32.4 Å². The van der Waals surface area contributed by atoms with Gasteiger partial charge in [-0.1, -0.05) is 37.3 Å². The Balaban J connectivity index is 1.71. The fourth-order valence-electron chi connectivity index (χ4n) is 3.20. The molecule has 1 N–H and O–H groups in total. The van der Waals surface area contributed by atoms with Gasteiger partial charge in [0.1, 0.15) is 0 Å². The van der Waals surface area contributed by atoms with Crippen LogP contribution in [0.1, 0.15) is 25.3 Å². The third kappa shape index (κ3) is 3.32. The van der Waals surface area contributed by atoms with Gasteiger partial charge < -0.3 is 10.0 Å². The molecule has 0 radical (unpaired) electrons. The van der Waals surface area contributed by atoms with Gasteiger partial charge in [0.05, 0.1) is 16.2 Å². The van der Waals surface area contributed by atoms with Crippen molar-refractivity contribution in [2.75, 3.05) is 23.7 Å². The van der Waals surface area contributed by atoms with Gasteiger partial charge in [-0.05, 0) is 42.7 Å². The summed E-state index contributed by atoms with van der Waals surface area (Å²) in [6.45, 7) is 3.13. The molecule has 0 unspecified atom stereocenters. The molecule has 0 bridgehead atoms. The van der Waals surface area contributed by atoms with Gasteiger partial charge in [0.2, 0.25) is 0 Å². The topological polar surface area (TPSA) is 57.6 Å². The van der Waals surface area contributed by atoms with Crippen molar-refractivity contribution < 1.29 is 13.5 Å². The molecule has 1 heterocycles. The van der Waals surface area contributed by atoms with Gasteiger partial charge in [0.15, 0.2) is 9.84 Å². The van der Waals surface area contributed by atoms with E-state index in [4.69, 9.17) is 0 Å². The Morgan fingerprint density at radius 1 is 1.00 bits per heavy atom. The van der Waals surface area contributed by atoms with Crippen molar-refractivity contribution in [2.45, 2.75) is 30.3 Å². The van der Waals surface area contributed by atoms with E-state index in [1.54, 1.807) is 19.1 Å². The summed E-state index contributed by atoms with van der Waals surface area (Å²) in [6.07, 6.45) is 1.32. The molecule has 0 atom stereocenters. The Bertz CT molecular complexity index is 777. The lowest BCUT2D eigenvalue weighted by molar-refractivity contribution is 0.0118. The minimum atomic E-state index is -3.16. The largest absolute Gasteiger partial charge is 0.385 e. The molecular weight excluding hydrogens is 322 g/mol. The molecular formula is C19H23NO3S. The number of nitrogens with zero attached hydrogens (tertiary/aromatic N) is 1. The molecule has 128 valence electrons. The number of benzene rings is 2. The second-order valence-corrected chi connectivity index (χ2v) is 8.56. The molecule has 1 saturated heterocycles. The number of hydrogen-bond acceptors (Lipinski definition) is 4. The smallest absolute Gasteiger partial charge is 0.178 e. The molecule has 0 saturated carbocycles. The van der Waals surface area contributed by atoms with Crippen molar-refractivity contribution in [3.05, 3.63) is 60.2 Å². The first kappa shape index (κ1) is 17.0. The predicted octanol–water partition coefficient (Wildman–Crippen LogP) is 2.97. The SMILES string of the molecule is CCS(=O)(=O)c1ccc(N2CCC(O)(c3ccccc3)CC2)cc1. The fourth-order valence-corrected chi connectivity index (χ4v) is 4.09. The molecule has 0 aliphatic carbocycles. The van der Waals surface area contributed by atoms with Crippen LogP contribution >= 0.6 is 0 Å². The van der Waals surface area contributed by atoms with Crippen molar-refractivity contribution >= 4 is 15.5 Å². The van der Waals surface area contributed by atoms with E-state index < -0.39 is 15.4 Å². The van der Waals surface area contributed by atoms with E-state index in [0.29, 0.717) is 17.7 Å². The van der Waals surface area contributed by atoms with E-state index in [-0.39, 0.29) is 5.75 Å². The summed E-state index contributed by atoms with van der Waals surface area (Å²) in [5, 5.41) is 10.9. The van der Waals surface area contributed by atoms with Crippen molar-refractivity contribution in [2.24, 2.45) is 0 Å². The molecule has 24 heavy (non-hydrogen) atoms. The maximum atomic E-state index is 11.9. The Hall–Kier alpha value is -1.85. The van der Waals surface area contributed by atoms with Gasteiger partial charge in [0.25, 0.3) is 0 Å². The zero-order valence-corrected chi connectivity index (χ0v) is 14.7. The van der Waals surface area contributed by atoms with Crippen LogP contribution in [0.3, 0.4) is 0 Å². The van der Waals surface area contributed by atoms with E-state index in [9.17, 15) is 13.5 Å². The highest BCUT2D eigenvalue weighted by Crippen LogP contribution is 2.34. The zero-order chi connectivity index (χ0) is 17.2. The van der Waals surface area contributed by atoms with E-state index in [0.717, 1.165) is 24.3 Å². The zero-order valence-electron chi connectivity index (χ0n) is 13.9. The van der Waals surface area contributed by atoms with Gasteiger partial charge in [0, 0.05) is 18.8 Å². The lowest BCUT2D eigenvalue weighted by Crippen LogP contribution is -2.42. The van der Waals surface area contributed by atoms with Crippen LogP contribution in [0.4, 0.5) is 5.69 Å². The van der Waals surface area contributed by atoms with Gasteiger partial charge in [-0.25, -0.2) is 8.42 Å². The molecule has 2 aromatic carbocycles. The highest BCUT2D eigenvalue weighted by atomic mass is 32.2. The summed E-state index contributed by atoms with van der Waals surface area (Å²) in [5.74, 6) is 0.111. The molecule has 1 aliphatic rings. The van der Waals surface area contributed by atoms with E-state index in [2.05, 4.69) is 4.90 Å². The standard InChI is InChI=1S/C19H23NO3S/c1-2-24(22,23)18-10-8-17(9-11-18)20-14-12-19(21,13-15-20)16-6-4-3-5-7-16/h3-11,21H,2,12-15H2,1H3. The Morgan fingerprint density at radius 2 is 1.58 bits per heavy atom. The van der Waals surface area contributed by atoms with Crippen molar-refractivity contribution in [1.29, 1.82) is 0 Å². The monoisotopic (exact) mass is 345 g/mol. The quantitative estimate of drug-likeness (QED) is 0.925. The highest BCUT2D eigenvalue weighted by molar-refractivity contribution is 7.91. The van der Waals surface area contributed by atoms with Gasteiger partial charge in [-0.3, -0.25) is 0 Å². The summed E-state index contributed by atoms with van der Waals surface area (Å²) in [6, 6.07) is 16.9. The first-order valence-corrected chi connectivity index (χ1v) is 9.95.